The number of ether oxygens (including phenoxy) is 6. The van der Waals surface area contributed by atoms with Gasteiger partial charge in [-0.3, -0.25) is 19.6 Å². The van der Waals surface area contributed by atoms with Gasteiger partial charge in [0.05, 0.1) is 75.2 Å². The van der Waals surface area contributed by atoms with Gasteiger partial charge >= 0.3 is 0 Å². The molecule has 2 unspecified atom stereocenters. The van der Waals surface area contributed by atoms with Crippen LogP contribution in [0.4, 0.5) is 11.4 Å². The van der Waals surface area contributed by atoms with Gasteiger partial charge in [0, 0.05) is 50.9 Å². The zero-order chi connectivity index (χ0) is 30.1. The number of methoxy groups -OCH3 is 4. The molecule has 2 aromatic carbocycles. The fourth-order valence-electron chi connectivity index (χ4n) is 6.21. The Bertz CT molecular complexity index is 1350. The highest BCUT2D eigenvalue weighted by Crippen LogP contribution is 2.39. The lowest BCUT2D eigenvalue weighted by Gasteiger charge is -2.24. The Morgan fingerprint density at radius 3 is 1.44 bits per heavy atom. The maximum atomic E-state index is 13.4. The lowest BCUT2D eigenvalue weighted by molar-refractivity contribution is 0.00710. The third-order valence-corrected chi connectivity index (χ3v) is 8.46. The molecule has 4 aliphatic rings. The molecular weight excluding hydrogens is 556 g/mol. The SMILES string of the molecule is COc1cc2c(cc1OC)C(=O)N1CC[C@H](OCCCO[C@H]3CCN4C(=O)c5cc(OC)c(OC)cc5N=CC34)C1C=N2. The average molecular weight is 593 g/mol. The van der Waals surface area contributed by atoms with Gasteiger partial charge < -0.3 is 38.2 Å². The van der Waals surface area contributed by atoms with Gasteiger partial charge in [-0.1, -0.05) is 0 Å². The average Bonchev–Trinajstić information content (AvgIpc) is 3.57. The lowest BCUT2D eigenvalue weighted by Crippen LogP contribution is -2.41. The molecule has 228 valence electrons. The number of hydrogen-bond acceptors (Lipinski definition) is 10. The van der Waals surface area contributed by atoms with Crippen LogP contribution < -0.4 is 18.9 Å². The summed E-state index contributed by atoms with van der Waals surface area (Å²) in [6.45, 7) is 2.12. The molecule has 2 saturated heterocycles. The fourth-order valence-corrected chi connectivity index (χ4v) is 6.21. The highest BCUT2D eigenvalue weighted by atomic mass is 16.5. The van der Waals surface area contributed by atoms with Crippen molar-refractivity contribution in [1.29, 1.82) is 0 Å². The minimum absolute atomic E-state index is 0.0997. The van der Waals surface area contributed by atoms with Crippen LogP contribution in [0, 0.1) is 0 Å². The Labute approximate surface area is 250 Å². The topological polar surface area (TPSA) is 121 Å². The van der Waals surface area contributed by atoms with Gasteiger partial charge in [0.1, 0.15) is 0 Å². The summed E-state index contributed by atoms with van der Waals surface area (Å²) >= 11 is 0. The minimum atomic E-state index is -0.256. The first kappa shape index (κ1) is 28.9. The predicted molar refractivity (Wildman–Crippen MR) is 158 cm³/mol. The van der Waals surface area contributed by atoms with Crippen molar-refractivity contribution in [2.45, 2.75) is 43.6 Å². The van der Waals surface area contributed by atoms with Gasteiger partial charge in [0.25, 0.3) is 11.8 Å². The smallest absolute Gasteiger partial charge is 0.256 e. The highest BCUT2D eigenvalue weighted by Gasteiger charge is 2.41. The number of hydrogen-bond donors (Lipinski definition) is 0. The van der Waals surface area contributed by atoms with E-state index in [4.69, 9.17) is 28.4 Å². The van der Waals surface area contributed by atoms with Crippen LogP contribution in [0.3, 0.4) is 0 Å². The summed E-state index contributed by atoms with van der Waals surface area (Å²) in [7, 11) is 6.20. The highest BCUT2D eigenvalue weighted by molar-refractivity contribution is 6.04. The predicted octanol–water partition coefficient (Wildman–Crippen LogP) is 3.44. The van der Waals surface area contributed by atoms with Crippen molar-refractivity contribution in [3.05, 3.63) is 35.4 Å². The van der Waals surface area contributed by atoms with Gasteiger partial charge in [-0.25, -0.2) is 0 Å². The molecule has 0 bridgehead atoms. The normalized spacial score (nSPS) is 23.7. The molecule has 4 atom stereocenters. The van der Waals surface area contributed by atoms with Crippen LogP contribution in [-0.4, -0.2) is 113 Å². The van der Waals surface area contributed by atoms with E-state index in [0.29, 0.717) is 78.2 Å². The molecule has 0 aliphatic carbocycles. The van der Waals surface area contributed by atoms with E-state index in [2.05, 4.69) is 9.98 Å². The fraction of sp³-hybridized carbons (Fsp3) is 0.484. The van der Waals surface area contributed by atoms with E-state index in [1.54, 1.807) is 74.9 Å². The number of rotatable bonds is 10. The van der Waals surface area contributed by atoms with E-state index in [1.165, 1.54) is 0 Å². The largest absolute Gasteiger partial charge is 0.493 e. The molecule has 0 N–H and O–H groups in total. The molecule has 2 aromatic rings. The van der Waals surface area contributed by atoms with Gasteiger partial charge in [0.15, 0.2) is 23.0 Å². The van der Waals surface area contributed by atoms with Gasteiger partial charge in [0.2, 0.25) is 0 Å². The van der Waals surface area contributed by atoms with Gasteiger partial charge in [-0.2, -0.15) is 0 Å². The van der Waals surface area contributed by atoms with E-state index < -0.39 is 0 Å². The zero-order valence-electron chi connectivity index (χ0n) is 24.8. The first-order valence-corrected chi connectivity index (χ1v) is 14.4. The summed E-state index contributed by atoms with van der Waals surface area (Å²) < 4.78 is 34.0. The maximum absolute atomic E-state index is 13.4. The third-order valence-electron chi connectivity index (χ3n) is 8.46. The van der Waals surface area contributed by atoms with Crippen LogP contribution in [0.2, 0.25) is 0 Å². The number of aliphatic imine (C=N–C) groups is 2. The second-order valence-electron chi connectivity index (χ2n) is 10.7. The van der Waals surface area contributed by atoms with Crippen LogP contribution in [0.15, 0.2) is 34.3 Å². The summed E-state index contributed by atoms with van der Waals surface area (Å²) in [5.41, 5.74) is 2.07. The number of carbonyl (C=O) groups is 2. The summed E-state index contributed by atoms with van der Waals surface area (Å²) in [5, 5.41) is 0. The summed E-state index contributed by atoms with van der Waals surface area (Å²) in [5.74, 6) is 1.83. The van der Waals surface area contributed by atoms with Crippen molar-refractivity contribution in [3.63, 3.8) is 0 Å². The van der Waals surface area contributed by atoms with E-state index in [-0.39, 0.29) is 36.1 Å². The standard InChI is InChI=1S/C31H36N4O8/c1-38-26-12-18-20(14-28(26)40-3)32-16-22-24(6-8-34(22)30(18)36)42-10-5-11-43-25-7-9-35-23(25)17-33-21-15-29(41-4)27(39-2)13-19(21)31(35)37/h12-17,22-25H,5-11H2,1-4H3/t22?,23?,24-,25-/m0/s1. The first-order valence-electron chi connectivity index (χ1n) is 14.4. The molecule has 2 amide bonds. The second-order valence-corrected chi connectivity index (χ2v) is 10.7. The molecule has 0 aromatic heterocycles. The van der Waals surface area contributed by atoms with Crippen molar-refractivity contribution >= 4 is 35.6 Å². The Morgan fingerprint density at radius 2 is 1.05 bits per heavy atom. The number of benzene rings is 2. The quantitative estimate of drug-likeness (QED) is 0.385. The monoisotopic (exact) mass is 592 g/mol. The second kappa shape index (κ2) is 12.2. The van der Waals surface area contributed by atoms with Crippen molar-refractivity contribution in [3.8, 4) is 23.0 Å². The number of carbonyl (C=O) groups excluding carboxylic acids is 2. The van der Waals surface area contributed by atoms with Crippen molar-refractivity contribution in [1.82, 2.24) is 9.80 Å². The Morgan fingerprint density at radius 1 is 0.651 bits per heavy atom. The minimum Gasteiger partial charge on any atom is -0.493 e. The van der Waals surface area contributed by atoms with Crippen molar-refractivity contribution < 1.29 is 38.0 Å². The molecule has 0 radical (unpaired) electrons. The molecule has 4 aliphatic heterocycles. The molecule has 12 nitrogen and oxygen atoms in total. The van der Waals surface area contributed by atoms with E-state index in [0.717, 1.165) is 12.8 Å². The van der Waals surface area contributed by atoms with E-state index in [1.807, 2.05) is 0 Å². The first-order chi connectivity index (χ1) is 21.0. The van der Waals surface area contributed by atoms with Crippen LogP contribution in [0.1, 0.15) is 40.0 Å². The van der Waals surface area contributed by atoms with Crippen molar-refractivity contribution in [2.24, 2.45) is 9.98 Å². The van der Waals surface area contributed by atoms with Gasteiger partial charge in [-0.05, 0) is 31.4 Å². The van der Waals surface area contributed by atoms with Crippen LogP contribution >= 0.6 is 0 Å². The Hall–Kier alpha value is -4.16. The molecule has 2 fully saturated rings. The number of amides is 2. The van der Waals surface area contributed by atoms with Crippen LogP contribution in [0.25, 0.3) is 0 Å². The Kier molecular flexibility index (Phi) is 8.22. The zero-order valence-corrected chi connectivity index (χ0v) is 24.8. The van der Waals surface area contributed by atoms with Gasteiger partial charge in [-0.15, -0.1) is 0 Å². The molecular formula is C31H36N4O8. The van der Waals surface area contributed by atoms with E-state index >= 15 is 0 Å². The van der Waals surface area contributed by atoms with Crippen molar-refractivity contribution in [2.75, 3.05) is 54.7 Å². The summed E-state index contributed by atoms with van der Waals surface area (Å²) in [6.07, 6.45) is 5.39. The summed E-state index contributed by atoms with van der Waals surface area (Å²) in [6, 6.07) is 6.30. The number of nitrogens with zero attached hydrogens (tertiary/aromatic N) is 4. The van der Waals surface area contributed by atoms with Crippen LogP contribution in [0.5, 0.6) is 23.0 Å². The summed E-state index contributed by atoms with van der Waals surface area (Å²) in [4.78, 5) is 39.6. The lowest BCUT2D eigenvalue weighted by atomic mass is 10.1. The third kappa shape index (κ3) is 5.29. The Balaban J connectivity index is 1.03. The molecule has 4 heterocycles. The molecule has 6 rings (SSSR count). The molecule has 0 spiro atoms. The van der Waals surface area contributed by atoms with E-state index in [9.17, 15) is 9.59 Å². The molecule has 43 heavy (non-hydrogen) atoms. The van der Waals surface area contributed by atoms with Crippen LogP contribution in [-0.2, 0) is 9.47 Å². The number of fused-ring (bicyclic) bond motifs is 4. The molecule has 12 heteroatoms. The maximum Gasteiger partial charge on any atom is 0.256 e. The molecule has 0 saturated carbocycles.